The monoisotopic (exact) mass is 393 g/mol. The maximum atomic E-state index is 11.5. The first-order valence-electron chi connectivity index (χ1n) is 8.61. The Hall–Kier alpha value is -1.72. The molecule has 1 aliphatic rings. The van der Waals surface area contributed by atoms with Gasteiger partial charge in [0.15, 0.2) is 9.84 Å². The summed E-state index contributed by atoms with van der Waals surface area (Å²) in [4.78, 5) is 2.68. The topological polar surface area (TPSA) is 46.6 Å². The Balaban J connectivity index is 1.65. The van der Waals surface area contributed by atoms with Gasteiger partial charge in [0.05, 0.1) is 11.5 Å². The van der Waals surface area contributed by atoms with E-state index in [0.717, 1.165) is 23.7 Å². The van der Waals surface area contributed by atoms with Gasteiger partial charge in [-0.25, -0.2) is 8.42 Å². The SMILES string of the molecule is CC1(C)CC(COc2ccc(S(C)(=O)=O)cc2)CN1c1cccc(Cl)c1. The molecule has 4 nitrogen and oxygen atoms in total. The molecule has 3 rings (SSSR count). The molecular weight excluding hydrogens is 370 g/mol. The molecule has 0 N–H and O–H groups in total. The first-order valence-corrected chi connectivity index (χ1v) is 10.9. The summed E-state index contributed by atoms with van der Waals surface area (Å²) in [6.07, 6.45) is 2.22. The summed E-state index contributed by atoms with van der Waals surface area (Å²) >= 11 is 6.14. The highest BCUT2D eigenvalue weighted by Gasteiger charge is 2.38. The average Bonchev–Trinajstić information content (AvgIpc) is 2.87. The van der Waals surface area contributed by atoms with Gasteiger partial charge in [-0.1, -0.05) is 17.7 Å². The van der Waals surface area contributed by atoms with Gasteiger partial charge in [0.2, 0.25) is 0 Å². The van der Waals surface area contributed by atoms with E-state index in [9.17, 15) is 8.42 Å². The minimum Gasteiger partial charge on any atom is -0.493 e. The van der Waals surface area contributed by atoms with Gasteiger partial charge in [0, 0.05) is 35.0 Å². The highest BCUT2D eigenvalue weighted by atomic mass is 35.5. The third kappa shape index (κ3) is 4.33. The van der Waals surface area contributed by atoms with Crippen LogP contribution in [0.25, 0.3) is 0 Å². The minimum absolute atomic E-state index is 0.0266. The van der Waals surface area contributed by atoms with Crippen LogP contribution in [0.15, 0.2) is 53.4 Å². The van der Waals surface area contributed by atoms with E-state index in [1.165, 1.54) is 6.26 Å². The summed E-state index contributed by atoms with van der Waals surface area (Å²) in [6.45, 7) is 5.96. The summed E-state index contributed by atoms with van der Waals surface area (Å²) < 4.78 is 29.0. The lowest BCUT2D eigenvalue weighted by Crippen LogP contribution is -2.38. The number of sulfone groups is 1. The molecule has 0 radical (unpaired) electrons. The largest absolute Gasteiger partial charge is 0.493 e. The quantitative estimate of drug-likeness (QED) is 0.754. The van der Waals surface area contributed by atoms with E-state index >= 15 is 0 Å². The molecule has 6 heteroatoms. The van der Waals surface area contributed by atoms with Crippen LogP contribution in [0.1, 0.15) is 20.3 Å². The summed E-state index contributed by atoms with van der Waals surface area (Å²) in [6, 6.07) is 14.5. The highest BCUT2D eigenvalue weighted by molar-refractivity contribution is 7.90. The van der Waals surface area contributed by atoms with Crippen LogP contribution >= 0.6 is 11.6 Å². The van der Waals surface area contributed by atoms with Crippen molar-refractivity contribution in [2.45, 2.75) is 30.7 Å². The first-order chi connectivity index (χ1) is 12.1. The zero-order valence-electron chi connectivity index (χ0n) is 15.3. The third-order valence-electron chi connectivity index (χ3n) is 4.82. The Bertz CT molecular complexity index is 878. The Morgan fingerprint density at radius 3 is 2.50 bits per heavy atom. The van der Waals surface area contributed by atoms with E-state index < -0.39 is 9.84 Å². The number of rotatable bonds is 5. The van der Waals surface area contributed by atoms with E-state index in [1.807, 2.05) is 18.2 Å². The lowest BCUT2D eigenvalue weighted by atomic mass is 9.96. The Labute approximate surface area is 160 Å². The van der Waals surface area contributed by atoms with Crippen molar-refractivity contribution in [3.8, 4) is 5.75 Å². The molecule has 1 fully saturated rings. The van der Waals surface area contributed by atoms with E-state index in [0.29, 0.717) is 23.2 Å². The van der Waals surface area contributed by atoms with Gasteiger partial charge in [-0.15, -0.1) is 0 Å². The van der Waals surface area contributed by atoms with Crippen LogP contribution in [-0.2, 0) is 9.84 Å². The summed E-state index contributed by atoms with van der Waals surface area (Å²) in [5, 5.41) is 0.740. The van der Waals surface area contributed by atoms with Crippen LogP contribution in [0, 0.1) is 5.92 Å². The van der Waals surface area contributed by atoms with Crippen LogP contribution in [0.4, 0.5) is 5.69 Å². The molecule has 0 saturated carbocycles. The van der Waals surface area contributed by atoms with Gasteiger partial charge in [-0.2, -0.15) is 0 Å². The number of benzene rings is 2. The molecule has 2 aromatic rings. The van der Waals surface area contributed by atoms with Crippen molar-refractivity contribution in [2.24, 2.45) is 5.92 Å². The minimum atomic E-state index is -3.18. The zero-order valence-corrected chi connectivity index (χ0v) is 16.8. The average molecular weight is 394 g/mol. The maximum absolute atomic E-state index is 11.5. The second-order valence-corrected chi connectivity index (χ2v) is 9.98. The van der Waals surface area contributed by atoms with Crippen LogP contribution in [0.2, 0.25) is 5.02 Å². The molecule has 1 saturated heterocycles. The van der Waals surface area contributed by atoms with E-state index in [-0.39, 0.29) is 5.54 Å². The molecule has 0 bridgehead atoms. The van der Waals surface area contributed by atoms with Crippen LogP contribution in [0.5, 0.6) is 5.75 Å². The molecule has 0 aromatic heterocycles. The molecule has 140 valence electrons. The van der Waals surface area contributed by atoms with Crippen molar-refractivity contribution in [1.82, 2.24) is 0 Å². The summed E-state index contributed by atoms with van der Waals surface area (Å²) in [7, 11) is -3.18. The standard InChI is InChI=1S/C20H24ClNO3S/c1-20(2)12-15(13-22(20)17-6-4-5-16(21)11-17)14-25-18-7-9-19(10-8-18)26(3,23)24/h4-11,15H,12-14H2,1-3H3. The van der Waals surface area contributed by atoms with Crippen molar-refractivity contribution < 1.29 is 13.2 Å². The molecule has 2 aromatic carbocycles. The highest BCUT2D eigenvalue weighted by Crippen LogP contribution is 2.37. The lowest BCUT2D eigenvalue weighted by Gasteiger charge is -2.33. The summed E-state index contributed by atoms with van der Waals surface area (Å²) in [5.41, 5.74) is 1.15. The fourth-order valence-corrected chi connectivity index (χ4v) is 4.41. The number of hydrogen-bond acceptors (Lipinski definition) is 4. The number of hydrogen-bond donors (Lipinski definition) is 0. The summed E-state index contributed by atoms with van der Waals surface area (Å²) in [5.74, 6) is 1.08. The maximum Gasteiger partial charge on any atom is 0.175 e. The Kier molecular flexibility index (Phi) is 5.22. The molecule has 26 heavy (non-hydrogen) atoms. The fraction of sp³-hybridized carbons (Fsp3) is 0.400. The van der Waals surface area contributed by atoms with Crippen molar-refractivity contribution in [2.75, 3.05) is 24.3 Å². The smallest absolute Gasteiger partial charge is 0.175 e. The van der Waals surface area contributed by atoms with Crippen LogP contribution < -0.4 is 9.64 Å². The molecule has 1 atom stereocenters. The molecular formula is C20H24ClNO3S. The predicted octanol–water partition coefficient (Wildman–Crippen LogP) is 4.43. The lowest BCUT2D eigenvalue weighted by molar-refractivity contribution is 0.254. The molecule has 0 amide bonds. The number of ether oxygens (including phenoxy) is 1. The molecule has 0 spiro atoms. The molecule has 0 aliphatic carbocycles. The zero-order chi connectivity index (χ0) is 18.9. The second kappa shape index (κ2) is 7.12. The van der Waals surface area contributed by atoms with Crippen molar-refractivity contribution in [1.29, 1.82) is 0 Å². The van der Waals surface area contributed by atoms with Crippen molar-refractivity contribution in [3.05, 3.63) is 53.6 Å². The van der Waals surface area contributed by atoms with E-state index in [2.05, 4.69) is 24.8 Å². The van der Waals surface area contributed by atoms with Gasteiger partial charge >= 0.3 is 0 Å². The molecule has 1 unspecified atom stereocenters. The van der Waals surface area contributed by atoms with Crippen molar-refractivity contribution in [3.63, 3.8) is 0 Å². The normalized spacial score (nSPS) is 19.5. The van der Waals surface area contributed by atoms with Crippen LogP contribution in [0.3, 0.4) is 0 Å². The first kappa shape index (κ1) is 19.1. The van der Waals surface area contributed by atoms with E-state index in [1.54, 1.807) is 24.3 Å². The molecule has 1 heterocycles. The number of anilines is 1. The third-order valence-corrected chi connectivity index (χ3v) is 6.18. The van der Waals surface area contributed by atoms with Gasteiger partial charge < -0.3 is 9.64 Å². The van der Waals surface area contributed by atoms with Crippen molar-refractivity contribution >= 4 is 27.1 Å². The number of nitrogens with zero attached hydrogens (tertiary/aromatic N) is 1. The Morgan fingerprint density at radius 1 is 1.19 bits per heavy atom. The number of halogens is 1. The second-order valence-electron chi connectivity index (χ2n) is 7.53. The van der Waals surface area contributed by atoms with Gasteiger partial charge in [0.1, 0.15) is 5.75 Å². The fourth-order valence-electron chi connectivity index (χ4n) is 3.59. The molecule has 1 aliphatic heterocycles. The van der Waals surface area contributed by atoms with Gasteiger partial charge in [-0.3, -0.25) is 0 Å². The van der Waals surface area contributed by atoms with Gasteiger partial charge in [0.25, 0.3) is 0 Å². The van der Waals surface area contributed by atoms with Crippen LogP contribution in [-0.4, -0.2) is 33.4 Å². The Morgan fingerprint density at radius 2 is 1.88 bits per heavy atom. The predicted molar refractivity (Wildman–Crippen MR) is 106 cm³/mol. The van der Waals surface area contributed by atoms with E-state index in [4.69, 9.17) is 16.3 Å². The van der Waals surface area contributed by atoms with Gasteiger partial charge in [-0.05, 0) is 62.7 Å².